The average molecular weight is 322 g/mol. The van der Waals surface area contributed by atoms with Gasteiger partial charge in [-0.05, 0) is 25.1 Å². The van der Waals surface area contributed by atoms with Crippen molar-refractivity contribution in [2.24, 2.45) is 0 Å². The first kappa shape index (κ1) is 15.5. The predicted molar refractivity (Wildman–Crippen MR) is 84.7 cm³/mol. The van der Waals surface area contributed by atoms with Crippen LogP contribution in [0.15, 0.2) is 29.2 Å². The van der Waals surface area contributed by atoms with Gasteiger partial charge in [-0.1, -0.05) is 17.4 Å². The number of nitrogens with one attached hydrogen (secondary N) is 2. The first-order chi connectivity index (χ1) is 10.0. The number of rotatable bonds is 5. The molecule has 0 spiro atoms. The topological polar surface area (TPSA) is 84.0 Å². The van der Waals surface area contributed by atoms with Crippen molar-refractivity contribution in [3.05, 3.63) is 29.3 Å². The average Bonchev–Trinajstić information content (AvgIpc) is 2.81. The maximum Gasteiger partial charge on any atom is 0.236 e. The standard InChI is InChI=1S/C13H14N4O2S2/c1-8(18)14-10-4-3-5-11(6-10)20-7-12(19)15-13-17-16-9(2)21-13/h3-6H,7H2,1-2H3,(H,14,18)(H,15,17,19). The van der Waals surface area contributed by atoms with Crippen molar-refractivity contribution in [1.29, 1.82) is 0 Å². The molecule has 0 saturated carbocycles. The Morgan fingerprint density at radius 1 is 1.29 bits per heavy atom. The molecule has 0 fully saturated rings. The second-order valence-corrected chi connectivity index (χ2v) is 6.40. The number of hydrogen-bond acceptors (Lipinski definition) is 6. The fourth-order valence-corrected chi connectivity index (χ4v) is 2.88. The zero-order chi connectivity index (χ0) is 15.2. The highest BCUT2D eigenvalue weighted by molar-refractivity contribution is 8.00. The van der Waals surface area contributed by atoms with E-state index in [-0.39, 0.29) is 17.6 Å². The molecule has 0 unspecified atom stereocenters. The van der Waals surface area contributed by atoms with Gasteiger partial charge in [0.05, 0.1) is 5.75 Å². The molecule has 1 aromatic carbocycles. The minimum atomic E-state index is -0.138. The summed E-state index contributed by atoms with van der Waals surface area (Å²) in [4.78, 5) is 23.7. The highest BCUT2D eigenvalue weighted by Crippen LogP contribution is 2.22. The molecule has 8 heteroatoms. The van der Waals surface area contributed by atoms with Gasteiger partial charge in [-0.2, -0.15) is 0 Å². The number of carbonyl (C=O) groups is 2. The molecule has 0 aliphatic heterocycles. The number of thioether (sulfide) groups is 1. The molecule has 0 bridgehead atoms. The van der Waals surface area contributed by atoms with Crippen molar-refractivity contribution < 1.29 is 9.59 Å². The Bertz CT molecular complexity index is 657. The van der Waals surface area contributed by atoms with E-state index in [1.54, 1.807) is 6.07 Å². The van der Waals surface area contributed by atoms with Crippen molar-refractivity contribution in [2.45, 2.75) is 18.7 Å². The minimum absolute atomic E-state index is 0.124. The smallest absolute Gasteiger partial charge is 0.236 e. The van der Waals surface area contributed by atoms with Crippen LogP contribution in [0, 0.1) is 6.92 Å². The molecule has 0 atom stereocenters. The third kappa shape index (κ3) is 5.16. The largest absolute Gasteiger partial charge is 0.326 e. The summed E-state index contributed by atoms with van der Waals surface area (Å²) < 4.78 is 0. The molecule has 110 valence electrons. The normalized spacial score (nSPS) is 10.2. The summed E-state index contributed by atoms with van der Waals surface area (Å²) in [6.07, 6.45) is 0. The van der Waals surface area contributed by atoms with Crippen LogP contribution in [0.2, 0.25) is 0 Å². The summed E-state index contributed by atoms with van der Waals surface area (Å²) in [5, 5.41) is 14.4. The second-order valence-electron chi connectivity index (χ2n) is 4.17. The van der Waals surface area contributed by atoms with Gasteiger partial charge in [0.2, 0.25) is 16.9 Å². The third-order valence-corrected chi connectivity index (χ3v) is 4.04. The van der Waals surface area contributed by atoms with E-state index < -0.39 is 0 Å². The zero-order valence-electron chi connectivity index (χ0n) is 11.5. The van der Waals surface area contributed by atoms with Crippen LogP contribution in [0.3, 0.4) is 0 Å². The zero-order valence-corrected chi connectivity index (χ0v) is 13.2. The van der Waals surface area contributed by atoms with Gasteiger partial charge in [0.15, 0.2) is 0 Å². The van der Waals surface area contributed by atoms with Gasteiger partial charge in [-0.25, -0.2) is 0 Å². The number of carbonyl (C=O) groups excluding carboxylic acids is 2. The Hall–Kier alpha value is -1.93. The van der Waals surface area contributed by atoms with Crippen LogP contribution in [0.1, 0.15) is 11.9 Å². The number of aryl methyl sites for hydroxylation is 1. The molecule has 1 heterocycles. The van der Waals surface area contributed by atoms with Gasteiger partial charge in [-0.3, -0.25) is 14.9 Å². The van der Waals surface area contributed by atoms with Gasteiger partial charge in [-0.15, -0.1) is 22.0 Å². The lowest BCUT2D eigenvalue weighted by Crippen LogP contribution is -2.13. The van der Waals surface area contributed by atoms with Crippen LogP contribution in [0.25, 0.3) is 0 Å². The number of benzene rings is 1. The molecule has 0 radical (unpaired) electrons. The third-order valence-electron chi connectivity index (χ3n) is 2.30. The number of amides is 2. The molecular weight excluding hydrogens is 308 g/mol. The molecule has 6 nitrogen and oxygen atoms in total. The van der Waals surface area contributed by atoms with Crippen molar-refractivity contribution in [3.8, 4) is 0 Å². The summed E-state index contributed by atoms with van der Waals surface area (Å²) in [6, 6.07) is 7.35. The summed E-state index contributed by atoms with van der Waals surface area (Å²) in [5.74, 6) is 0.00455. The Morgan fingerprint density at radius 2 is 2.10 bits per heavy atom. The first-order valence-electron chi connectivity index (χ1n) is 6.13. The number of nitrogens with zero attached hydrogens (tertiary/aromatic N) is 2. The molecule has 21 heavy (non-hydrogen) atoms. The maximum atomic E-state index is 11.8. The molecule has 1 aromatic heterocycles. The first-order valence-corrected chi connectivity index (χ1v) is 7.93. The van der Waals surface area contributed by atoms with E-state index >= 15 is 0 Å². The maximum absolute atomic E-state index is 11.8. The van der Waals surface area contributed by atoms with Gasteiger partial charge in [0, 0.05) is 17.5 Å². The Morgan fingerprint density at radius 3 is 2.76 bits per heavy atom. The monoisotopic (exact) mass is 322 g/mol. The van der Waals surface area contributed by atoms with Gasteiger partial charge >= 0.3 is 0 Å². The van der Waals surface area contributed by atoms with E-state index in [1.165, 1.54) is 30.0 Å². The molecule has 2 aromatic rings. The highest BCUT2D eigenvalue weighted by Gasteiger charge is 2.07. The van der Waals surface area contributed by atoms with Gasteiger partial charge < -0.3 is 5.32 Å². The molecular formula is C13H14N4O2S2. The summed E-state index contributed by atoms with van der Waals surface area (Å²) >= 11 is 2.73. The molecule has 0 aliphatic rings. The van der Waals surface area contributed by atoms with E-state index in [1.807, 2.05) is 25.1 Å². The van der Waals surface area contributed by atoms with Gasteiger partial charge in [0.1, 0.15) is 5.01 Å². The number of anilines is 2. The Labute approximate surface area is 130 Å². The quantitative estimate of drug-likeness (QED) is 0.826. The summed E-state index contributed by atoms with van der Waals surface area (Å²) in [5.41, 5.74) is 0.715. The fraction of sp³-hybridized carbons (Fsp3) is 0.231. The molecule has 2 N–H and O–H groups in total. The fourth-order valence-electron chi connectivity index (χ4n) is 1.52. The molecule has 2 rings (SSSR count). The molecule has 2 amide bonds. The van der Waals surface area contributed by atoms with E-state index in [4.69, 9.17) is 0 Å². The summed E-state index contributed by atoms with van der Waals surface area (Å²) in [6.45, 7) is 3.28. The Kier molecular flexibility index (Phi) is 5.29. The van der Waals surface area contributed by atoms with Crippen LogP contribution in [-0.4, -0.2) is 27.8 Å². The molecule has 0 saturated heterocycles. The number of aromatic nitrogens is 2. The lowest BCUT2D eigenvalue weighted by molar-refractivity contribution is -0.114. The van der Waals surface area contributed by atoms with Crippen molar-refractivity contribution in [3.63, 3.8) is 0 Å². The van der Waals surface area contributed by atoms with Crippen LogP contribution in [0.5, 0.6) is 0 Å². The minimum Gasteiger partial charge on any atom is -0.326 e. The van der Waals surface area contributed by atoms with E-state index in [0.29, 0.717) is 10.8 Å². The van der Waals surface area contributed by atoms with Crippen molar-refractivity contribution in [1.82, 2.24) is 10.2 Å². The lowest BCUT2D eigenvalue weighted by Gasteiger charge is -2.05. The van der Waals surface area contributed by atoms with Crippen molar-refractivity contribution >= 4 is 45.7 Å². The van der Waals surface area contributed by atoms with Crippen LogP contribution >= 0.6 is 23.1 Å². The highest BCUT2D eigenvalue weighted by atomic mass is 32.2. The number of hydrogen-bond donors (Lipinski definition) is 2. The lowest BCUT2D eigenvalue weighted by atomic mass is 10.3. The van der Waals surface area contributed by atoms with Crippen LogP contribution in [-0.2, 0) is 9.59 Å². The SMILES string of the molecule is CC(=O)Nc1cccc(SCC(=O)Nc2nnc(C)s2)c1. The second kappa shape index (κ2) is 7.19. The predicted octanol–water partition coefficient (Wildman–Crippen LogP) is 2.54. The van der Waals surface area contributed by atoms with Crippen LogP contribution < -0.4 is 10.6 Å². The van der Waals surface area contributed by atoms with Gasteiger partial charge in [0.25, 0.3) is 0 Å². The van der Waals surface area contributed by atoms with Crippen LogP contribution in [0.4, 0.5) is 10.8 Å². The molecule has 0 aliphatic carbocycles. The van der Waals surface area contributed by atoms with E-state index in [9.17, 15) is 9.59 Å². The van der Waals surface area contributed by atoms with E-state index in [2.05, 4.69) is 20.8 Å². The van der Waals surface area contributed by atoms with E-state index in [0.717, 1.165) is 9.90 Å². The Balaban J connectivity index is 1.87. The van der Waals surface area contributed by atoms with Crippen molar-refractivity contribution in [2.75, 3.05) is 16.4 Å². The summed E-state index contributed by atoms with van der Waals surface area (Å²) in [7, 11) is 0.